The van der Waals surface area contributed by atoms with E-state index in [0.29, 0.717) is 24.8 Å². The molecule has 2 fully saturated rings. The molecule has 1 aromatic heterocycles. The number of anilines is 2. The largest absolute Gasteiger partial charge is 0.342 e. The van der Waals surface area contributed by atoms with Crippen molar-refractivity contribution >= 4 is 23.3 Å². The van der Waals surface area contributed by atoms with Crippen molar-refractivity contribution in [2.45, 2.75) is 46.5 Å². The second kappa shape index (κ2) is 10.00. The summed E-state index contributed by atoms with van der Waals surface area (Å²) < 4.78 is 0. The van der Waals surface area contributed by atoms with Gasteiger partial charge in [-0.1, -0.05) is 32.9 Å². The Morgan fingerprint density at radius 3 is 2.36 bits per heavy atom. The molecule has 2 aliphatic rings. The van der Waals surface area contributed by atoms with Crippen LogP contribution in [0.15, 0.2) is 42.6 Å². The van der Waals surface area contributed by atoms with E-state index in [2.05, 4.69) is 34.6 Å². The van der Waals surface area contributed by atoms with Crippen LogP contribution in [0.3, 0.4) is 0 Å². The Hall–Kier alpha value is -2.80. The number of rotatable bonds is 7. The van der Waals surface area contributed by atoms with Gasteiger partial charge in [0.2, 0.25) is 11.8 Å². The van der Waals surface area contributed by atoms with E-state index < -0.39 is 0 Å². The van der Waals surface area contributed by atoms with Gasteiger partial charge in [-0.2, -0.15) is 5.10 Å². The molecule has 0 saturated carbocycles. The van der Waals surface area contributed by atoms with Crippen LogP contribution in [0.4, 0.5) is 11.5 Å². The fourth-order valence-corrected chi connectivity index (χ4v) is 4.46. The smallest absolute Gasteiger partial charge is 0.238 e. The van der Waals surface area contributed by atoms with E-state index in [0.717, 1.165) is 44.5 Å². The minimum atomic E-state index is -0.273. The first-order chi connectivity index (χ1) is 15.9. The van der Waals surface area contributed by atoms with Crippen LogP contribution >= 0.6 is 0 Å². The van der Waals surface area contributed by atoms with Crippen molar-refractivity contribution in [2.75, 3.05) is 31.1 Å². The monoisotopic (exact) mass is 449 g/mol. The summed E-state index contributed by atoms with van der Waals surface area (Å²) in [5.74, 6) is 1.42. The molecule has 176 valence electrons. The minimum Gasteiger partial charge on any atom is -0.342 e. The molecule has 0 aliphatic carbocycles. The van der Waals surface area contributed by atoms with E-state index in [4.69, 9.17) is 0 Å². The third-order valence-corrected chi connectivity index (χ3v) is 7.22. The summed E-state index contributed by atoms with van der Waals surface area (Å²) in [4.78, 5) is 29.6. The van der Waals surface area contributed by atoms with Gasteiger partial charge >= 0.3 is 0 Å². The van der Waals surface area contributed by atoms with Crippen LogP contribution in [0.1, 0.15) is 45.6 Å². The average molecular weight is 450 g/mol. The lowest BCUT2D eigenvalue weighted by atomic mass is 9.85. The fraction of sp³-hybridized carbons (Fsp3) is 0.538. The molecular weight excluding hydrogens is 414 g/mol. The number of carbonyl (C=O) groups is 2. The molecule has 0 spiro atoms. The maximum atomic E-state index is 13.1. The van der Waals surface area contributed by atoms with Crippen LogP contribution in [0, 0.1) is 17.3 Å². The fourth-order valence-electron chi connectivity index (χ4n) is 4.46. The number of likely N-dealkylation sites (tertiary alicyclic amines) is 1. The Bertz CT molecular complexity index is 948. The molecule has 2 aromatic rings. The van der Waals surface area contributed by atoms with Gasteiger partial charge in [0.05, 0.1) is 11.6 Å². The van der Waals surface area contributed by atoms with E-state index in [1.807, 2.05) is 36.9 Å². The quantitative estimate of drug-likeness (QED) is 0.699. The Balaban J connectivity index is 1.40. The van der Waals surface area contributed by atoms with E-state index in [1.165, 1.54) is 5.56 Å². The molecule has 0 bridgehead atoms. The number of nitrogens with zero attached hydrogens (tertiary/aromatic N) is 4. The van der Waals surface area contributed by atoms with Crippen molar-refractivity contribution < 1.29 is 9.59 Å². The Kier molecular flexibility index (Phi) is 7.08. The lowest BCUT2D eigenvalue weighted by Crippen LogP contribution is -2.51. The van der Waals surface area contributed by atoms with Gasteiger partial charge in [0.25, 0.3) is 0 Å². The first-order valence-electron chi connectivity index (χ1n) is 12.1. The zero-order valence-electron chi connectivity index (χ0n) is 20.0. The molecular formula is C26H35N5O2. The highest BCUT2D eigenvalue weighted by Crippen LogP contribution is 2.30. The van der Waals surface area contributed by atoms with Gasteiger partial charge in [0, 0.05) is 37.8 Å². The van der Waals surface area contributed by atoms with Gasteiger partial charge in [-0.15, -0.1) is 5.10 Å². The van der Waals surface area contributed by atoms with Crippen molar-refractivity contribution in [2.24, 2.45) is 17.3 Å². The average Bonchev–Trinajstić information content (AvgIpc) is 2.80. The minimum absolute atomic E-state index is 0.0303. The van der Waals surface area contributed by atoms with Crippen LogP contribution in [-0.4, -0.2) is 53.1 Å². The molecule has 0 radical (unpaired) electrons. The Morgan fingerprint density at radius 2 is 1.82 bits per heavy atom. The zero-order chi connectivity index (χ0) is 23.4. The second-order valence-electron chi connectivity index (χ2n) is 9.95. The SMILES string of the molecule is CCC(C)(C)C(=O)N1CCC(Cc2ccc(N(C(=O)C3CNC3)c3cccnn3)cc2)CC1. The lowest BCUT2D eigenvalue weighted by Gasteiger charge is -2.36. The third kappa shape index (κ3) is 5.24. The number of hydrogen-bond acceptors (Lipinski definition) is 5. The van der Waals surface area contributed by atoms with Gasteiger partial charge in [-0.25, -0.2) is 0 Å². The first kappa shape index (κ1) is 23.4. The molecule has 2 amide bonds. The van der Waals surface area contributed by atoms with Gasteiger partial charge in [-0.3, -0.25) is 14.5 Å². The van der Waals surface area contributed by atoms with Crippen LogP contribution in [0.5, 0.6) is 0 Å². The van der Waals surface area contributed by atoms with E-state index in [1.54, 1.807) is 17.2 Å². The number of benzene rings is 1. The summed E-state index contributed by atoms with van der Waals surface area (Å²) in [6, 6.07) is 11.9. The first-order valence-corrected chi connectivity index (χ1v) is 12.1. The van der Waals surface area contributed by atoms with Gasteiger partial charge in [0.1, 0.15) is 0 Å². The van der Waals surface area contributed by atoms with Crippen molar-refractivity contribution in [1.82, 2.24) is 20.4 Å². The molecule has 0 unspecified atom stereocenters. The molecule has 3 heterocycles. The molecule has 1 aromatic carbocycles. The maximum absolute atomic E-state index is 13.1. The highest BCUT2D eigenvalue weighted by molar-refractivity contribution is 6.01. The molecule has 2 saturated heterocycles. The number of hydrogen-bond donors (Lipinski definition) is 1. The number of amides is 2. The van der Waals surface area contributed by atoms with Crippen molar-refractivity contribution in [1.29, 1.82) is 0 Å². The molecule has 4 rings (SSSR count). The van der Waals surface area contributed by atoms with Gasteiger partial charge in [0.15, 0.2) is 5.82 Å². The number of nitrogens with one attached hydrogen (secondary N) is 1. The van der Waals surface area contributed by atoms with Crippen molar-refractivity contribution in [3.05, 3.63) is 48.2 Å². The standard InChI is InChI=1S/C26H35N5O2/c1-4-26(2,3)25(33)30-14-11-20(12-15-30)16-19-7-9-22(10-8-19)31(23-6-5-13-28-29-23)24(32)21-17-27-18-21/h5-10,13,20-21,27H,4,11-12,14-18H2,1-3H3. The number of piperidine rings is 1. The molecule has 7 heteroatoms. The van der Waals surface area contributed by atoms with E-state index >= 15 is 0 Å². The van der Waals surface area contributed by atoms with Crippen molar-refractivity contribution in [3.8, 4) is 0 Å². The van der Waals surface area contributed by atoms with Crippen LogP contribution in [0.2, 0.25) is 0 Å². The molecule has 0 atom stereocenters. The number of carbonyl (C=O) groups excluding carboxylic acids is 2. The normalized spacial score (nSPS) is 17.5. The highest BCUT2D eigenvalue weighted by atomic mass is 16.2. The van der Waals surface area contributed by atoms with Crippen LogP contribution in [-0.2, 0) is 16.0 Å². The summed E-state index contributed by atoms with van der Waals surface area (Å²) >= 11 is 0. The van der Waals surface area contributed by atoms with Gasteiger partial charge in [-0.05, 0) is 61.4 Å². The summed E-state index contributed by atoms with van der Waals surface area (Å²) in [7, 11) is 0. The Morgan fingerprint density at radius 1 is 1.12 bits per heavy atom. The number of aromatic nitrogens is 2. The van der Waals surface area contributed by atoms with Gasteiger partial charge < -0.3 is 10.2 Å². The summed E-state index contributed by atoms with van der Waals surface area (Å²) in [6.45, 7) is 9.24. The van der Waals surface area contributed by atoms with E-state index in [-0.39, 0.29) is 23.1 Å². The highest BCUT2D eigenvalue weighted by Gasteiger charge is 2.33. The maximum Gasteiger partial charge on any atom is 0.238 e. The summed E-state index contributed by atoms with van der Waals surface area (Å²) in [5, 5.41) is 11.3. The van der Waals surface area contributed by atoms with Crippen LogP contribution < -0.4 is 10.2 Å². The predicted molar refractivity (Wildman–Crippen MR) is 129 cm³/mol. The lowest BCUT2D eigenvalue weighted by molar-refractivity contribution is -0.142. The topological polar surface area (TPSA) is 78.4 Å². The Labute approximate surface area is 196 Å². The molecule has 7 nitrogen and oxygen atoms in total. The molecule has 33 heavy (non-hydrogen) atoms. The van der Waals surface area contributed by atoms with Crippen LogP contribution in [0.25, 0.3) is 0 Å². The summed E-state index contributed by atoms with van der Waals surface area (Å²) in [6.07, 6.45) is 5.54. The third-order valence-electron chi connectivity index (χ3n) is 7.22. The summed E-state index contributed by atoms with van der Waals surface area (Å²) in [5.41, 5.74) is 1.80. The van der Waals surface area contributed by atoms with E-state index in [9.17, 15) is 9.59 Å². The predicted octanol–water partition coefficient (Wildman–Crippen LogP) is 3.58. The second-order valence-corrected chi connectivity index (χ2v) is 9.95. The van der Waals surface area contributed by atoms with Crippen molar-refractivity contribution in [3.63, 3.8) is 0 Å². The molecule has 2 aliphatic heterocycles. The molecule has 1 N–H and O–H groups in total. The zero-order valence-corrected chi connectivity index (χ0v) is 20.0.